The van der Waals surface area contributed by atoms with Crippen molar-refractivity contribution in [2.45, 2.75) is 0 Å². The molecule has 0 amide bonds. The Hall–Kier alpha value is -1.76. The van der Waals surface area contributed by atoms with Gasteiger partial charge in [0.15, 0.2) is 0 Å². The summed E-state index contributed by atoms with van der Waals surface area (Å²) < 4.78 is 19.2. The Morgan fingerprint density at radius 3 is 2.47 bits per heavy atom. The van der Waals surface area contributed by atoms with E-state index in [1.807, 2.05) is 24.3 Å². The van der Waals surface area contributed by atoms with Gasteiger partial charge in [-0.05, 0) is 59.0 Å². The molecular formula is C14H8FIN2O. The van der Waals surface area contributed by atoms with Crippen LogP contribution in [0.5, 0.6) is 0 Å². The van der Waals surface area contributed by atoms with Crippen molar-refractivity contribution in [3.05, 3.63) is 57.9 Å². The van der Waals surface area contributed by atoms with E-state index in [4.69, 9.17) is 4.52 Å². The summed E-state index contributed by atoms with van der Waals surface area (Å²) in [5.41, 5.74) is 1.62. The molecule has 3 rings (SSSR count). The first kappa shape index (κ1) is 12.3. The van der Waals surface area contributed by atoms with Crippen molar-refractivity contribution in [3.8, 4) is 22.8 Å². The van der Waals surface area contributed by atoms with Crippen molar-refractivity contribution in [2.75, 3.05) is 0 Å². The lowest BCUT2D eigenvalue weighted by Crippen LogP contribution is -1.83. The largest absolute Gasteiger partial charge is 0.334 e. The first-order valence-electron chi connectivity index (χ1n) is 5.58. The third-order valence-corrected chi connectivity index (χ3v) is 3.57. The molecule has 0 unspecified atom stereocenters. The molecule has 0 saturated heterocycles. The number of hydrogen-bond acceptors (Lipinski definition) is 3. The highest BCUT2D eigenvalue weighted by Crippen LogP contribution is 2.25. The number of nitrogens with zero attached hydrogens (tertiary/aromatic N) is 2. The number of halogens is 2. The second kappa shape index (κ2) is 5.08. The number of hydrogen-bond donors (Lipinski definition) is 0. The molecule has 0 spiro atoms. The topological polar surface area (TPSA) is 38.9 Å². The molecule has 0 atom stereocenters. The molecule has 0 aliphatic carbocycles. The van der Waals surface area contributed by atoms with Gasteiger partial charge in [-0.25, -0.2) is 4.39 Å². The van der Waals surface area contributed by atoms with Gasteiger partial charge in [0, 0.05) is 9.13 Å². The minimum Gasteiger partial charge on any atom is -0.334 e. The molecule has 1 heterocycles. The van der Waals surface area contributed by atoms with E-state index in [1.165, 1.54) is 12.1 Å². The van der Waals surface area contributed by atoms with E-state index >= 15 is 0 Å². The molecule has 0 fully saturated rings. The molecule has 1 aromatic heterocycles. The normalized spacial score (nSPS) is 10.6. The summed E-state index contributed by atoms with van der Waals surface area (Å²) in [5, 5.41) is 3.92. The van der Waals surface area contributed by atoms with Crippen LogP contribution in [0.15, 0.2) is 53.1 Å². The van der Waals surface area contributed by atoms with Gasteiger partial charge in [-0.15, -0.1) is 0 Å². The predicted octanol–water partition coefficient (Wildman–Crippen LogP) is 4.15. The fourth-order valence-corrected chi connectivity index (χ4v) is 2.30. The molecule has 0 N–H and O–H groups in total. The SMILES string of the molecule is Fc1ccc(-c2noc(-c3ccccc3I)n2)cc1. The van der Waals surface area contributed by atoms with Gasteiger partial charge in [0.05, 0.1) is 5.56 Å². The fraction of sp³-hybridized carbons (Fsp3) is 0. The Kier molecular flexibility index (Phi) is 3.29. The standard InChI is InChI=1S/C14H8FIN2O/c15-10-7-5-9(6-8-10)13-17-14(19-18-13)11-3-1-2-4-12(11)16/h1-8H. The summed E-state index contributed by atoms with van der Waals surface area (Å²) in [6.07, 6.45) is 0. The van der Waals surface area contributed by atoms with E-state index in [0.717, 1.165) is 14.7 Å². The number of rotatable bonds is 2. The van der Waals surface area contributed by atoms with Crippen molar-refractivity contribution < 1.29 is 8.91 Å². The van der Waals surface area contributed by atoms with Crippen LogP contribution in [0.3, 0.4) is 0 Å². The molecule has 3 nitrogen and oxygen atoms in total. The third kappa shape index (κ3) is 2.51. The van der Waals surface area contributed by atoms with Gasteiger partial charge in [-0.2, -0.15) is 4.98 Å². The fourth-order valence-electron chi connectivity index (χ4n) is 1.68. The van der Waals surface area contributed by atoms with Crippen molar-refractivity contribution in [2.24, 2.45) is 0 Å². The molecule has 0 bridgehead atoms. The number of benzene rings is 2. The van der Waals surface area contributed by atoms with Crippen LogP contribution in [-0.4, -0.2) is 10.1 Å². The first-order valence-corrected chi connectivity index (χ1v) is 6.66. The lowest BCUT2D eigenvalue weighted by atomic mass is 10.2. The Balaban J connectivity index is 2.00. The van der Waals surface area contributed by atoms with E-state index in [1.54, 1.807) is 12.1 Å². The van der Waals surface area contributed by atoms with Gasteiger partial charge in [0.1, 0.15) is 5.82 Å². The van der Waals surface area contributed by atoms with Crippen LogP contribution in [0.2, 0.25) is 0 Å². The molecule has 0 radical (unpaired) electrons. The summed E-state index contributed by atoms with van der Waals surface area (Å²) in [6.45, 7) is 0. The predicted molar refractivity (Wildman–Crippen MR) is 77.8 cm³/mol. The average Bonchev–Trinajstić information content (AvgIpc) is 2.89. The van der Waals surface area contributed by atoms with Gasteiger partial charge < -0.3 is 4.52 Å². The monoisotopic (exact) mass is 366 g/mol. The zero-order chi connectivity index (χ0) is 13.2. The molecule has 2 aromatic carbocycles. The van der Waals surface area contributed by atoms with E-state index < -0.39 is 0 Å². The van der Waals surface area contributed by atoms with Crippen LogP contribution in [-0.2, 0) is 0 Å². The van der Waals surface area contributed by atoms with Crippen molar-refractivity contribution in [3.63, 3.8) is 0 Å². The summed E-state index contributed by atoms with van der Waals surface area (Å²) in [7, 11) is 0. The maximum Gasteiger partial charge on any atom is 0.259 e. The molecule has 5 heteroatoms. The van der Waals surface area contributed by atoms with E-state index in [9.17, 15) is 4.39 Å². The minimum atomic E-state index is -0.287. The lowest BCUT2D eigenvalue weighted by molar-refractivity contribution is 0.432. The second-order valence-corrected chi connectivity index (χ2v) is 5.07. The molecule has 3 aromatic rings. The summed E-state index contributed by atoms with van der Waals surface area (Å²) in [5.74, 6) is 0.629. The minimum absolute atomic E-state index is 0.287. The Morgan fingerprint density at radius 2 is 1.74 bits per heavy atom. The second-order valence-electron chi connectivity index (χ2n) is 3.91. The van der Waals surface area contributed by atoms with Crippen molar-refractivity contribution in [1.29, 1.82) is 0 Å². The van der Waals surface area contributed by atoms with Gasteiger partial charge in [-0.3, -0.25) is 0 Å². The zero-order valence-corrected chi connectivity index (χ0v) is 11.8. The molecule has 0 saturated carbocycles. The van der Waals surface area contributed by atoms with Crippen LogP contribution in [0.25, 0.3) is 22.8 Å². The van der Waals surface area contributed by atoms with Crippen molar-refractivity contribution in [1.82, 2.24) is 10.1 Å². The van der Waals surface area contributed by atoms with Crippen LogP contribution in [0, 0.1) is 9.39 Å². The Morgan fingerprint density at radius 1 is 1.00 bits per heavy atom. The molecule has 0 aliphatic rings. The molecule has 0 aliphatic heterocycles. The maximum atomic E-state index is 12.9. The van der Waals surface area contributed by atoms with Gasteiger partial charge in [-0.1, -0.05) is 17.3 Å². The van der Waals surface area contributed by atoms with Crippen LogP contribution in [0.4, 0.5) is 4.39 Å². The molecular weight excluding hydrogens is 358 g/mol. The quantitative estimate of drug-likeness (QED) is 0.640. The zero-order valence-electron chi connectivity index (χ0n) is 9.68. The number of aromatic nitrogens is 2. The summed E-state index contributed by atoms with van der Waals surface area (Å²) >= 11 is 2.21. The third-order valence-electron chi connectivity index (χ3n) is 2.63. The highest BCUT2D eigenvalue weighted by molar-refractivity contribution is 14.1. The van der Waals surface area contributed by atoms with E-state index in [2.05, 4.69) is 32.7 Å². The maximum absolute atomic E-state index is 12.9. The summed E-state index contributed by atoms with van der Waals surface area (Å²) in [6, 6.07) is 13.7. The molecule has 19 heavy (non-hydrogen) atoms. The van der Waals surface area contributed by atoms with Gasteiger partial charge >= 0.3 is 0 Å². The highest BCUT2D eigenvalue weighted by Gasteiger charge is 2.12. The van der Waals surface area contributed by atoms with Crippen LogP contribution in [0.1, 0.15) is 0 Å². The lowest BCUT2D eigenvalue weighted by Gasteiger charge is -1.96. The molecule has 94 valence electrons. The Labute approximate surface area is 122 Å². The van der Waals surface area contributed by atoms with Gasteiger partial charge in [0.2, 0.25) is 5.82 Å². The average molecular weight is 366 g/mol. The van der Waals surface area contributed by atoms with Crippen molar-refractivity contribution >= 4 is 22.6 Å². The van der Waals surface area contributed by atoms with E-state index in [0.29, 0.717) is 11.7 Å². The first-order chi connectivity index (χ1) is 9.24. The van der Waals surface area contributed by atoms with Gasteiger partial charge in [0.25, 0.3) is 5.89 Å². The smallest absolute Gasteiger partial charge is 0.259 e. The Bertz CT molecular complexity index is 709. The summed E-state index contributed by atoms with van der Waals surface area (Å²) in [4.78, 5) is 4.34. The highest BCUT2D eigenvalue weighted by atomic mass is 127. The van der Waals surface area contributed by atoms with Crippen LogP contribution < -0.4 is 0 Å². The van der Waals surface area contributed by atoms with E-state index in [-0.39, 0.29) is 5.82 Å². The van der Waals surface area contributed by atoms with Crippen LogP contribution >= 0.6 is 22.6 Å².